The number of halogens is 1. The molecule has 1 aliphatic carbocycles. The van der Waals surface area contributed by atoms with Gasteiger partial charge >= 0.3 is 0 Å². The number of nitrogens with one attached hydrogen (secondary N) is 1. The summed E-state index contributed by atoms with van der Waals surface area (Å²) >= 11 is 5.54. The van der Waals surface area contributed by atoms with Crippen molar-refractivity contribution < 1.29 is 0 Å². The average molecular weight is 302 g/mol. The van der Waals surface area contributed by atoms with Gasteiger partial charge in [-0.3, -0.25) is 0 Å². The maximum atomic E-state index is 3.67. The van der Waals surface area contributed by atoms with Crippen LogP contribution in [0.15, 0.2) is 9.85 Å². The lowest BCUT2D eigenvalue weighted by Gasteiger charge is -2.23. The van der Waals surface area contributed by atoms with E-state index in [1.54, 1.807) is 0 Å². The third kappa shape index (κ3) is 2.69. The van der Waals surface area contributed by atoms with Gasteiger partial charge in [-0.1, -0.05) is 19.8 Å². The Hall–Kier alpha value is 0.140. The van der Waals surface area contributed by atoms with Gasteiger partial charge in [-0.05, 0) is 59.8 Å². The van der Waals surface area contributed by atoms with E-state index < -0.39 is 0 Å². The van der Waals surface area contributed by atoms with E-state index in [4.69, 9.17) is 0 Å². The molecule has 0 saturated heterocycles. The summed E-state index contributed by atoms with van der Waals surface area (Å²) in [6.07, 6.45) is 5.62. The van der Waals surface area contributed by atoms with Crippen molar-refractivity contribution in [3.8, 4) is 0 Å². The molecule has 0 bridgehead atoms. The van der Waals surface area contributed by atoms with Gasteiger partial charge in [0.05, 0.1) is 3.79 Å². The van der Waals surface area contributed by atoms with Crippen LogP contribution < -0.4 is 5.32 Å². The number of rotatable bonds is 4. The van der Waals surface area contributed by atoms with Crippen molar-refractivity contribution in [2.75, 3.05) is 6.54 Å². The molecular weight excluding hydrogens is 282 g/mol. The van der Waals surface area contributed by atoms with Crippen molar-refractivity contribution in [1.82, 2.24) is 5.32 Å². The summed E-state index contributed by atoms with van der Waals surface area (Å²) < 4.78 is 1.29. The highest BCUT2D eigenvalue weighted by molar-refractivity contribution is 9.11. The molecule has 90 valence electrons. The summed E-state index contributed by atoms with van der Waals surface area (Å²) in [5.74, 6) is 0.852. The largest absolute Gasteiger partial charge is 0.309 e. The first-order chi connectivity index (χ1) is 7.72. The summed E-state index contributed by atoms with van der Waals surface area (Å²) in [5, 5.41) is 3.67. The number of aryl methyl sites for hydroxylation is 1. The first-order valence-corrected chi connectivity index (χ1v) is 7.82. The number of thiophene rings is 1. The molecule has 1 atom stereocenters. The molecule has 1 fully saturated rings. The van der Waals surface area contributed by atoms with Crippen LogP contribution in [0.25, 0.3) is 0 Å². The molecule has 1 unspecified atom stereocenters. The topological polar surface area (TPSA) is 12.0 Å². The van der Waals surface area contributed by atoms with Gasteiger partial charge in [-0.15, -0.1) is 11.3 Å². The highest BCUT2D eigenvalue weighted by atomic mass is 79.9. The maximum Gasteiger partial charge on any atom is 0.0731 e. The van der Waals surface area contributed by atoms with Gasteiger partial charge in [0, 0.05) is 10.9 Å². The van der Waals surface area contributed by atoms with Crippen LogP contribution in [0.4, 0.5) is 0 Å². The predicted molar refractivity (Wildman–Crippen MR) is 75.1 cm³/mol. The van der Waals surface area contributed by atoms with Crippen molar-refractivity contribution in [3.63, 3.8) is 0 Å². The first-order valence-electron chi connectivity index (χ1n) is 6.21. The molecule has 1 aromatic heterocycles. The molecule has 0 aromatic carbocycles. The van der Waals surface area contributed by atoms with E-state index in [-0.39, 0.29) is 0 Å². The molecule has 1 aromatic rings. The highest BCUT2D eigenvalue weighted by Gasteiger charge is 2.27. The summed E-state index contributed by atoms with van der Waals surface area (Å²) in [4.78, 5) is 1.51. The van der Waals surface area contributed by atoms with Crippen molar-refractivity contribution in [3.05, 3.63) is 20.3 Å². The fourth-order valence-electron chi connectivity index (χ4n) is 2.65. The van der Waals surface area contributed by atoms with Gasteiger partial charge in [0.2, 0.25) is 0 Å². The normalized spacial score (nSPS) is 19.2. The summed E-state index contributed by atoms with van der Waals surface area (Å²) in [6.45, 7) is 5.45. The monoisotopic (exact) mass is 301 g/mol. The van der Waals surface area contributed by atoms with Crippen LogP contribution in [-0.2, 0) is 0 Å². The standard InChI is InChI=1S/C13H20BrNS/c1-3-15-12(10-6-4-5-7-10)11-8-9(2)13(14)16-11/h8,10,12,15H,3-7H2,1-2H3. The summed E-state index contributed by atoms with van der Waals surface area (Å²) in [6, 6.07) is 2.93. The third-order valence-corrected chi connectivity index (χ3v) is 5.70. The molecule has 1 nitrogen and oxygen atoms in total. The smallest absolute Gasteiger partial charge is 0.0731 e. The fourth-order valence-corrected chi connectivity index (χ4v) is 4.39. The Balaban J connectivity index is 2.17. The predicted octanol–water partition coefficient (Wildman–Crippen LogP) is 4.66. The van der Waals surface area contributed by atoms with E-state index in [1.165, 1.54) is 39.9 Å². The minimum atomic E-state index is 0.586. The van der Waals surface area contributed by atoms with Gasteiger partial charge in [0.15, 0.2) is 0 Å². The summed E-state index contributed by atoms with van der Waals surface area (Å²) in [7, 11) is 0. The molecule has 0 radical (unpaired) electrons. The highest BCUT2D eigenvalue weighted by Crippen LogP contribution is 2.40. The van der Waals surface area contributed by atoms with Gasteiger partial charge in [0.25, 0.3) is 0 Å². The molecule has 1 heterocycles. The first kappa shape index (κ1) is 12.6. The van der Waals surface area contributed by atoms with E-state index in [1.807, 2.05) is 11.3 Å². The number of hydrogen-bond acceptors (Lipinski definition) is 2. The Bertz CT molecular complexity index is 322. The van der Waals surface area contributed by atoms with Crippen LogP contribution in [0.3, 0.4) is 0 Å². The molecule has 1 N–H and O–H groups in total. The number of hydrogen-bond donors (Lipinski definition) is 1. The molecule has 1 saturated carbocycles. The molecule has 1 aliphatic rings. The molecule has 16 heavy (non-hydrogen) atoms. The van der Waals surface area contributed by atoms with E-state index in [0.29, 0.717) is 6.04 Å². The Morgan fingerprint density at radius 1 is 1.50 bits per heavy atom. The molecule has 0 aliphatic heterocycles. The second kappa shape index (κ2) is 5.65. The van der Waals surface area contributed by atoms with Gasteiger partial charge in [-0.25, -0.2) is 0 Å². The zero-order chi connectivity index (χ0) is 11.5. The van der Waals surface area contributed by atoms with Crippen LogP contribution in [0.1, 0.15) is 49.1 Å². The maximum absolute atomic E-state index is 3.67. The molecule has 0 spiro atoms. The van der Waals surface area contributed by atoms with Crippen molar-refractivity contribution in [2.45, 2.75) is 45.6 Å². The zero-order valence-electron chi connectivity index (χ0n) is 10.1. The fraction of sp³-hybridized carbons (Fsp3) is 0.692. The van der Waals surface area contributed by atoms with Crippen molar-refractivity contribution in [2.24, 2.45) is 5.92 Å². The lowest BCUT2D eigenvalue weighted by atomic mass is 9.96. The lowest BCUT2D eigenvalue weighted by Crippen LogP contribution is -2.26. The van der Waals surface area contributed by atoms with E-state index in [0.717, 1.165) is 12.5 Å². The molecular formula is C13H20BrNS. The lowest BCUT2D eigenvalue weighted by molar-refractivity contribution is 0.379. The van der Waals surface area contributed by atoms with Gasteiger partial charge in [-0.2, -0.15) is 0 Å². The third-order valence-electron chi connectivity index (χ3n) is 3.48. The van der Waals surface area contributed by atoms with Crippen LogP contribution in [0, 0.1) is 12.8 Å². The second-order valence-electron chi connectivity index (χ2n) is 4.69. The van der Waals surface area contributed by atoms with Crippen LogP contribution in [-0.4, -0.2) is 6.54 Å². The van der Waals surface area contributed by atoms with Crippen LogP contribution in [0.2, 0.25) is 0 Å². The van der Waals surface area contributed by atoms with Crippen LogP contribution >= 0.6 is 27.3 Å². The SMILES string of the molecule is CCNC(c1cc(C)c(Br)s1)C1CCCC1. The van der Waals surface area contributed by atoms with E-state index in [2.05, 4.69) is 41.2 Å². The van der Waals surface area contributed by atoms with Gasteiger partial charge < -0.3 is 5.32 Å². The molecule has 2 rings (SSSR count). The quantitative estimate of drug-likeness (QED) is 0.853. The second-order valence-corrected chi connectivity index (χ2v) is 7.09. The van der Waals surface area contributed by atoms with Crippen LogP contribution in [0.5, 0.6) is 0 Å². The Kier molecular flexibility index (Phi) is 4.45. The Morgan fingerprint density at radius 3 is 2.69 bits per heavy atom. The minimum Gasteiger partial charge on any atom is -0.309 e. The van der Waals surface area contributed by atoms with Crippen molar-refractivity contribution in [1.29, 1.82) is 0 Å². The Labute approximate surface area is 111 Å². The molecule has 0 amide bonds. The average Bonchev–Trinajstić information content (AvgIpc) is 2.86. The van der Waals surface area contributed by atoms with Crippen molar-refractivity contribution >= 4 is 27.3 Å². The minimum absolute atomic E-state index is 0.586. The molecule has 3 heteroatoms. The summed E-state index contributed by atoms with van der Waals surface area (Å²) in [5.41, 5.74) is 1.38. The van der Waals surface area contributed by atoms with Gasteiger partial charge in [0.1, 0.15) is 0 Å². The Morgan fingerprint density at radius 2 is 2.19 bits per heavy atom. The van der Waals surface area contributed by atoms with E-state index in [9.17, 15) is 0 Å². The zero-order valence-corrected chi connectivity index (χ0v) is 12.5. The van der Waals surface area contributed by atoms with E-state index >= 15 is 0 Å².